The molecular weight excluding hydrogens is 508 g/mol. The van der Waals surface area contributed by atoms with Crippen LogP contribution in [0.1, 0.15) is 69.5 Å². The lowest BCUT2D eigenvalue weighted by Crippen LogP contribution is -2.62. The van der Waals surface area contributed by atoms with Gasteiger partial charge in [0.2, 0.25) is 0 Å². The Morgan fingerprint density at radius 3 is 2.55 bits per heavy atom. The third kappa shape index (κ3) is 5.43. The molecule has 6 heterocycles. The number of amides is 1. The Balaban J connectivity index is 1.13. The predicted molar refractivity (Wildman–Crippen MR) is 154 cm³/mol. The topological polar surface area (TPSA) is 92.3 Å². The molecule has 1 atom stereocenters. The van der Waals surface area contributed by atoms with E-state index in [0.29, 0.717) is 12.0 Å². The maximum Gasteiger partial charge on any atom is 0.410 e. The van der Waals surface area contributed by atoms with E-state index in [2.05, 4.69) is 34.2 Å². The molecule has 0 unspecified atom stereocenters. The van der Waals surface area contributed by atoms with Gasteiger partial charge in [-0.25, -0.2) is 9.78 Å². The van der Waals surface area contributed by atoms with Gasteiger partial charge in [-0.3, -0.25) is 9.88 Å². The fourth-order valence-corrected chi connectivity index (χ4v) is 6.26. The number of nitrogens with zero attached hydrogens (tertiary/aromatic N) is 5. The van der Waals surface area contributed by atoms with E-state index in [0.717, 1.165) is 105 Å². The third-order valence-electron chi connectivity index (χ3n) is 8.41. The molecule has 6 rings (SSSR count). The summed E-state index contributed by atoms with van der Waals surface area (Å²) >= 11 is 0. The molecule has 3 saturated heterocycles. The van der Waals surface area contributed by atoms with Gasteiger partial charge in [-0.05, 0) is 72.7 Å². The summed E-state index contributed by atoms with van der Waals surface area (Å²) in [5.74, 6) is 2.04. The first-order valence-electron chi connectivity index (χ1n) is 14.6. The first kappa shape index (κ1) is 27.1. The van der Waals surface area contributed by atoms with Crippen molar-refractivity contribution in [3.63, 3.8) is 0 Å². The molecule has 40 heavy (non-hydrogen) atoms. The zero-order valence-electron chi connectivity index (χ0n) is 24.4. The molecule has 216 valence electrons. The van der Waals surface area contributed by atoms with Gasteiger partial charge in [-0.15, -0.1) is 0 Å². The molecule has 0 aromatic carbocycles. The van der Waals surface area contributed by atoms with Gasteiger partial charge in [0.05, 0.1) is 30.2 Å². The number of aryl methyl sites for hydroxylation is 1. The molecule has 0 bridgehead atoms. The lowest BCUT2D eigenvalue weighted by molar-refractivity contribution is -0.0197. The number of hydrogen-bond acceptors (Lipinski definition) is 9. The number of nitrogens with one attached hydrogen (secondary N) is 1. The predicted octanol–water partition coefficient (Wildman–Crippen LogP) is 4.62. The number of likely N-dealkylation sites (tertiary alicyclic amines) is 2. The largest absolute Gasteiger partial charge is 0.482 e. The molecule has 1 N–H and O–H groups in total. The molecule has 1 amide bonds. The molecule has 10 nitrogen and oxygen atoms in total. The lowest BCUT2D eigenvalue weighted by atomic mass is 9.91. The Morgan fingerprint density at radius 2 is 1.85 bits per heavy atom. The second kappa shape index (κ2) is 10.7. The van der Waals surface area contributed by atoms with E-state index in [9.17, 15) is 4.79 Å². The Bertz CT molecular complexity index is 1240. The average molecular weight is 551 g/mol. The van der Waals surface area contributed by atoms with E-state index in [4.69, 9.17) is 24.2 Å². The van der Waals surface area contributed by atoms with Crippen LogP contribution in [0.15, 0.2) is 18.3 Å². The number of aromatic nitrogens is 2. The Kier molecular flexibility index (Phi) is 7.25. The summed E-state index contributed by atoms with van der Waals surface area (Å²) in [7, 11) is 0. The van der Waals surface area contributed by atoms with Crippen LogP contribution in [0.5, 0.6) is 5.75 Å². The van der Waals surface area contributed by atoms with Crippen LogP contribution >= 0.6 is 0 Å². The van der Waals surface area contributed by atoms with E-state index >= 15 is 0 Å². The van der Waals surface area contributed by atoms with Gasteiger partial charge in [0, 0.05) is 55.7 Å². The van der Waals surface area contributed by atoms with Crippen LogP contribution in [-0.4, -0.2) is 90.0 Å². The number of morpholine rings is 1. The van der Waals surface area contributed by atoms with Gasteiger partial charge in [0.25, 0.3) is 0 Å². The number of piperidine rings is 1. The van der Waals surface area contributed by atoms with Crippen molar-refractivity contribution in [3.05, 3.63) is 35.3 Å². The van der Waals surface area contributed by atoms with Gasteiger partial charge >= 0.3 is 6.09 Å². The summed E-state index contributed by atoms with van der Waals surface area (Å²) in [5.41, 5.74) is 4.73. The SMILES string of the molecule is Cc1nc(C2CCN(C3CN(C(=O)OC(C)(C)C)C3)CC2)cc2c1O[C@H](C)c1c(N3CCOCC3)ccnc1N2. The maximum atomic E-state index is 12.3. The van der Waals surface area contributed by atoms with Crippen molar-refractivity contribution < 1.29 is 19.0 Å². The summed E-state index contributed by atoms with van der Waals surface area (Å²) in [4.78, 5) is 28.8. The highest BCUT2D eigenvalue weighted by Gasteiger charge is 2.39. The van der Waals surface area contributed by atoms with E-state index < -0.39 is 5.60 Å². The van der Waals surface area contributed by atoms with Gasteiger partial charge in [-0.2, -0.15) is 0 Å². The molecule has 0 spiro atoms. The van der Waals surface area contributed by atoms with Crippen molar-refractivity contribution in [2.45, 2.75) is 71.1 Å². The number of hydrogen-bond donors (Lipinski definition) is 1. The zero-order valence-corrected chi connectivity index (χ0v) is 24.4. The van der Waals surface area contributed by atoms with Gasteiger partial charge < -0.3 is 29.3 Å². The number of carbonyl (C=O) groups is 1. The number of rotatable bonds is 3. The minimum atomic E-state index is -0.458. The van der Waals surface area contributed by atoms with Crippen molar-refractivity contribution in [3.8, 4) is 5.75 Å². The van der Waals surface area contributed by atoms with Crippen LogP contribution in [0.2, 0.25) is 0 Å². The van der Waals surface area contributed by atoms with Crippen molar-refractivity contribution in [1.29, 1.82) is 0 Å². The normalized spacial score (nSPS) is 22.4. The molecule has 4 aliphatic rings. The van der Waals surface area contributed by atoms with Crippen LogP contribution in [-0.2, 0) is 9.47 Å². The molecule has 0 saturated carbocycles. The molecule has 4 aliphatic heterocycles. The van der Waals surface area contributed by atoms with Gasteiger partial charge in [0.15, 0.2) is 5.75 Å². The van der Waals surface area contributed by atoms with Crippen molar-refractivity contribution in [1.82, 2.24) is 19.8 Å². The van der Waals surface area contributed by atoms with Gasteiger partial charge in [-0.1, -0.05) is 0 Å². The summed E-state index contributed by atoms with van der Waals surface area (Å²) < 4.78 is 17.6. The van der Waals surface area contributed by atoms with Crippen LogP contribution in [0.3, 0.4) is 0 Å². The fraction of sp³-hybridized carbons (Fsp3) is 0.633. The lowest BCUT2D eigenvalue weighted by Gasteiger charge is -2.47. The van der Waals surface area contributed by atoms with E-state index in [1.54, 1.807) is 0 Å². The first-order chi connectivity index (χ1) is 19.2. The van der Waals surface area contributed by atoms with Gasteiger partial charge in [0.1, 0.15) is 17.5 Å². The molecular formula is C30H42N6O4. The quantitative estimate of drug-likeness (QED) is 0.588. The minimum absolute atomic E-state index is 0.160. The Labute approximate surface area is 237 Å². The van der Waals surface area contributed by atoms with Crippen LogP contribution in [0, 0.1) is 6.92 Å². The maximum absolute atomic E-state index is 12.3. The number of fused-ring (bicyclic) bond motifs is 2. The summed E-state index contributed by atoms with van der Waals surface area (Å²) in [6.07, 6.45) is 3.60. The smallest absolute Gasteiger partial charge is 0.410 e. The highest BCUT2D eigenvalue weighted by Crippen LogP contribution is 2.44. The highest BCUT2D eigenvalue weighted by atomic mass is 16.6. The Morgan fingerprint density at radius 1 is 1.12 bits per heavy atom. The number of anilines is 3. The van der Waals surface area contributed by atoms with Crippen molar-refractivity contribution in [2.24, 2.45) is 0 Å². The van der Waals surface area contributed by atoms with Crippen LogP contribution < -0.4 is 15.0 Å². The minimum Gasteiger partial charge on any atom is -0.482 e. The molecule has 0 radical (unpaired) electrons. The Hall–Kier alpha value is -3.11. The number of pyridine rings is 2. The standard InChI is InChI=1S/C30H42N6O4/c1-19-27-24(33-28-26(20(2)39-27)25(6-9-31-28)35-12-14-38-15-13-35)16-23(32-19)21-7-10-34(11-8-21)22-17-36(18-22)29(37)40-30(3,4)5/h6,9,16,20-22H,7-8,10-15,17-18H2,1-5H3,(H,31,33)/t20-/m1/s1. The average Bonchev–Trinajstić information content (AvgIpc) is 3.04. The second-order valence-corrected chi connectivity index (χ2v) is 12.4. The van der Waals surface area contributed by atoms with Crippen LogP contribution in [0.25, 0.3) is 0 Å². The first-order valence-corrected chi connectivity index (χ1v) is 14.6. The summed E-state index contributed by atoms with van der Waals surface area (Å²) in [6, 6.07) is 4.66. The summed E-state index contributed by atoms with van der Waals surface area (Å²) in [5, 5.41) is 3.62. The van der Waals surface area contributed by atoms with Crippen molar-refractivity contribution in [2.75, 3.05) is 62.7 Å². The second-order valence-electron chi connectivity index (χ2n) is 12.4. The van der Waals surface area contributed by atoms with Crippen molar-refractivity contribution >= 4 is 23.3 Å². The zero-order chi connectivity index (χ0) is 28.0. The highest BCUT2D eigenvalue weighted by molar-refractivity contribution is 5.74. The van der Waals surface area contributed by atoms with E-state index in [1.807, 2.05) is 38.8 Å². The van der Waals surface area contributed by atoms with E-state index in [-0.39, 0.29) is 12.2 Å². The molecule has 10 heteroatoms. The third-order valence-corrected chi connectivity index (χ3v) is 8.41. The molecule has 0 aliphatic carbocycles. The van der Waals surface area contributed by atoms with Crippen LogP contribution in [0.4, 0.5) is 22.0 Å². The monoisotopic (exact) mass is 550 g/mol. The molecule has 3 fully saturated rings. The fourth-order valence-electron chi connectivity index (χ4n) is 6.26. The van der Waals surface area contributed by atoms with E-state index in [1.165, 1.54) is 0 Å². The molecule has 2 aromatic heterocycles. The number of carbonyl (C=O) groups excluding carboxylic acids is 1. The number of ether oxygens (including phenoxy) is 3. The summed E-state index contributed by atoms with van der Waals surface area (Å²) in [6.45, 7) is 16.5. The molecule has 2 aromatic rings.